The van der Waals surface area contributed by atoms with E-state index in [4.69, 9.17) is 0 Å². The fraction of sp³-hybridized carbons (Fsp3) is 0.846. The van der Waals surface area contributed by atoms with Crippen LogP contribution in [0.5, 0.6) is 0 Å². The Morgan fingerprint density at radius 2 is 2.06 bits per heavy atom. The third-order valence-corrected chi connectivity index (χ3v) is 3.87. The van der Waals surface area contributed by atoms with Gasteiger partial charge in [0.1, 0.15) is 0 Å². The van der Waals surface area contributed by atoms with E-state index >= 15 is 0 Å². The van der Waals surface area contributed by atoms with E-state index in [0.717, 1.165) is 45.2 Å². The molecular weight excluding hydrogens is 216 g/mol. The number of nitrogens with zero attached hydrogens (tertiary/aromatic N) is 2. The monoisotopic (exact) mass is 238 g/mol. The van der Waals surface area contributed by atoms with Crippen molar-refractivity contribution in [1.29, 1.82) is 0 Å². The average Bonchev–Trinajstić information content (AvgIpc) is 2.63. The lowest BCUT2D eigenvalue weighted by atomic mass is 10.2. The zero-order valence-corrected chi connectivity index (χ0v) is 10.7. The normalized spacial score (nSPS) is 26.2. The topological polar surface area (TPSA) is 40.6 Å². The van der Waals surface area contributed by atoms with Crippen LogP contribution in [0.3, 0.4) is 0 Å². The Morgan fingerprint density at radius 1 is 1.24 bits per heavy atom. The average molecular weight is 238 g/mol. The van der Waals surface area contributed by atoms with Crippen molar-refractivity contribution in [1.82, 2.24) is 9.80 Å². The number of likely N-dealkylation sites (tertiary alicyclic amines) is 2. The number of amides is 2. The molecule has 0 radical (unpaired) electrons. The van der Waals surface area contributed by atoms with Crippen molar-refractivity contribution in [2.24, 2.45) is 0 Å². The van der Waals surface area contributed by atoms with Gasteiger partial charge >= 0.3 is 0 Å². The molecule has 2 saturated heterocycles. The molecular formula is C13H22N2O2. The van der Waals surface area contributed by atoms with Crippen LogP contribution in [0.2, 0.25) is 0 Å². The molecule has 0 unspecified atom stereocenters. The third-order valence-electron chi connectivity index (χ3n) is 3.87. The Hall–Kier alpha value is -1.06. The van der Waals surface area contributed by atoms with Gasteiger partial charge in [-0.25, -0.2) is 0 Å². The predicted molar refractivity (Wildman–Crippen MR) is 65.5 cm³/mol. The third kappa shape index (κ3) is 2.99. The summed E-state index contributed by atoms with van der Waals surface area (Å²) in [5, 5.41) is 0. The van der Waals surface area contributed by atoms with Gasteiger partial charge < -0.3 is 9.80 Å². The van der Waals surface area contributed by atoms with Crippen LogP contribution in [0.15, 0.2) is 0 Å². The molecule has 0 N–H and O–H groups in total. The van der Waals surface area contributed by atoms with Crippen molar-refractivity contribution in [3.8, 4) is 0 Å². The highest BCUT2D eigenvalue weighted by molar-refractivity contribution is 5.85. The van der Waals surface area contributed by atoms with E-state index in [1.165, 1.54) is 0 Å². The summed E-state index contributed by atoms with van der Waals surface area (Å²) in [4.78, 5) is 27.6. The number of carbonyl (C=O) groups is 2. The molecule has 0 spiro atoms. The number of carbonyl (C=O) groups excluding carboxylic acids is 2. The lowest BCUT2D eigenvalue weighted by Crippen LogP contribution is -2.43. The van der Waals surface area contributed by atoms with Gasteiger partial charge in [0.15, 0.2) is 0 Å². The minimum absolute atomic E-state index is 0.130. The van der Waals surface area contributed by atoms with Crippen LogP contribution in [0, 0.1) is 0 Å². The van der Waals surface area contributed by atoms with Crippen LogP contribution in [-0.2, 0) is 9.59 Å². The Labute approximate surface area is 103 Å². The maximum atomic E-state index is 12.1. The van der Waals surface area contributed by atoms with E-state index in [0.29, 0.717) is 19.0 Å². The summed E-state index contributed by atoms with van der Waals surface area (Å²) >= 11 is 0. The molecule has 1 atom stereocenters. The van der Waals surface area contributed by atoms with Crippen molar-refractivity contribution in [3.63, 3.8) is 0 Å². The molecule has 0 saturated carbocycles. The molecule has 0 aromatic rings. The largest absolute Gasteiger partial charge is 0.338 e. The van der Waals surface area contributed by atoms with E-state index in [2.05, 4.69) is 6.92 Å². The molecule has 2 aliphatic rings. The fourth-order valence-corrected chi connectivity index (χ4v) is 2.76. The first-order valence-corrected chi connectivity index (χ1v) is 6.76. The second kappa shape index (κ2) is 5.52. The predicted octanol–water partition coefficient (Wildman–Crippen LogP) is 1.40. The minimum Gasteiger partial charge on any atom is -0.338 e. The van der Waals surface area contributed by atoms with Gasteiger partial charge in [-0.1, -0.05) is 6.42 Å². The zero-order valence-electron chi connectivity index (χ0n) is 10.7. The summed E-state index contributed by atoms with van der Waals surface area (Å²) in [7, 11) is 0. The Kier molecular flexibility index (Phi) is 4.02. The summed E-state index contributed by atoms with van der Waals surface area (Å²) < 4.78 is 0. The van der Waals surface area contributed by atoms with Crippen molar-refractivity contribution in [2.45, 2.75) is 51.5 Å². The van der Waals surface area contributed by atoms with Crippen molar-refractivity contribution in [2.75, 3.05) is 19.6 Å². The number of hydrogen-bond donors (Lipinski definition) is 0. The van der Waals surface area contributed by atoms with Crippen molar-refractivity contribution < 1.29 is 9.59 Å². The standard InChI is InChI=1S/C13H22N2O2/c1-11-6-5-9-15(11)13(17)10-14-8-4-2-3-7-12(14)16/h11H,2-10H2,1H3/t11-/m1/s1. The van der Waals surface area contributed by atoms with E-state index in [1.807, 2.05) is 4.90 Å². The number of hydrogen-bond acceptors (Lipinski definition) is 2. The van der Waals surface area contributed by atoms with Gasteiger partial charge in [0.2, 0.25) is 11.8 Å². The summed E-state index contributed by atoms with van der Waals surface area (Å²) in [6.45, 7) is 4.01. The van der Waals surface area contributed by atoms with E-state index in [1.54, 1.807) is 4.90 Å². The second-order valence-electron chi connectivity index (χ2n) is 5.20. The van der Waals surface area contributed by atoms with Crippen LogP contribution < -0.4 is 0 Å². The van der Waals surface area contributed by atoms with Crippen LogP contribution in [-0.4, -0.2) is 47.3 Å². The minimum atomic E-state index is 0.130. The highest BCUT2D eigenvalue weighted by atomic mass is 16.2. The first kappa shape index (κ1) is 12.4. The Balaban J connectivity index is 1.90. The summed E-state index contributed by atoms with van der Waals surface area (Å²) in [6, 6.07) is 0.351. The smallest absolute Gasteiger partial charge is 0.242 e. The molecule has 2 rings (SSSR count). The molecule has 96 valence electrons. The summed E-state index contributed by atoms with van der Waals surface area (Å²) in [5.74, 6) is 0.285. The van der Waals surface area contributed by atoms with Crippen LogP contribution in [0.1, 0.15) is 45.4 Å². The highest BCUT2D eigenvalue weighted by Gasteiger charge is 2.27. The molecule has 2 fully saturated rings. The molecule has 17 heavy (non-hydrogen) atoms. The van der Waals surface area contributed by atoms with Crippen molar-refractivity contribution in [3.05, 3.63) is 0 Å². The first-order chi connectivity index (χ1) is 8.18. The number of rotatable bonds is 2. The molecule has 0 aromatic carbocycles. The van der Waals surface area contributed by atoms with Gasteiger partial charge in [-0.2, -0.15) is 0 Å². The van der Waals surface area contributed by atoms with Gasteiger partial charge in [0.05, 0.1) is 6.54 Å². The van der Waals surface area contributed by atoms with E-state index in [9.17, 15) is 9.59 Å². The molecule has 2 amide bonds. The van der Waals surface area contributed by atoms with Crippen LogP contribution in [0.25, 0.3) is 0 Å². The quantitative estimate of drug-likeness (QED) is 0.729. The van der Waals surface area contributed by atoms with E-state index in [-0.39, 0.29) is 11.8 Å². The van der Waals surface area contributed by atoms with Gasteiger partial charge in [-0.3, -0.25) is 9.59 Å². The maximum Gasteiger partial charge on any atom is 0.242 e. The van der Waals surface area contributed by atoms with Gasteiger partial charge in [0.25, 0.3) is 0 Å². The van der Waals surface area contributed by atoms with E-state index < -0.39 is 0 Å². The molecule has 0 bridgehead atoms. The molecule has 2 heterocycles. The first-order valence-electron chi connectivity index (χ1n) is 6.76. The second-order valence-corrected chi connectivity index (χ2v) is 5.20. The summed E-state index contributed by atoms with van der Waals surface area (Å²) in [6.07, 6.45) is 5.93. The molecule has 2 aliphatic heterocycles. The molecule has 0 aromatic heterocycles. The molecule has 4 nitrogen and oxygen atoms in total. The van der Waals surface area contributed by atoms with Gasteiger partial charge in [-0.05, 0) is 32.6 Å². The maximum absolute atomic E-state index is 12.1. The lowest BCUT2D eigenvalue weighted by molar-refractivity contribution is -0.140. The Morgan fingerprint density at radius 3 is 2.76 bits per heavy atom. The summed E-state index contributed by atoms with van der Waals surface area (Å²) in [5.41, 5.74) is 0. The SMILES string of the molecule is C[C@@H]1CCCN1C(=O)CN1CCCCCC1=O. The van der Waals surface area contributed by atoms with Crippen LogP contribution >= 0.6 is 0 Å². The van der Waals surface area contributed by atoms with Crippen LogP contribution in [0.4, 0.5) is 0 Å². The zero-order chi connectivity index (χ0) is 12.3. The fourth-order valence-electron chi connectivity index (χ4n) is 2.76. The lowest BCUT2D eigenvalue weighted by Gasteiger charge is -2.26. The van der Waals surface area contributed by atoms with Gasteiger partial charge in [-0.15, -0.1) is 0 Å². The van der Waals surface area contributed by atoms with Gasteiger partial charge in [0, 0.05) is 25.6 Å². The Bertz CT molecular complexity index is 304. The highest BCUT2D eigenvalue weighted by Crippen LogP contribution is 2.17. The molecule has 4 heteroatoms. The van der Waals surface area contributed by atoms with Crippen molar-refractivity contribution >= 4 is 11.8 Å². The molecule has 0 aliphatic carbocycles.